The molecule has 0 radical (unpaired) electrons. The maximum absolute atomic E-state index is 14.9. The normalized spacial score (nSPS) is 18.1. The lowest BCUT2D eigenvalue weighted by atomic mass is 9.93. The van der Waals surface area contributed by atoms with E-state index in [9.17, 15) is 31.1 Å². The Balaban J connectivity index is 2.18. The second-order valence-corrected chi connectivity index (χ2v) is 8.11. The van der Waals surface area contributed by atoms with E-state index in [1.807, 2.05) is 0 Å². The third kappa shape index (κ3) is 2.80. The predicted octanol–water partition coefficient (Wildman–Crippen LogP) is 1.61. The van der Waals surface area contributed by atoms with Gasteiger partial charge in [0.1, 0.15) is 24.3 Å². The number of rotatable bonds is 6. The molecule has 11 heteroatoms. The number of aliphatic hydroxyl groups is 1. The lowest BCUT2D eigenvalue weighted by molar-refractivity contribution is -0.145. The summed E-state index contributed by atoms with van der Waals surface area (Å²) in [5.74, 6) is -2.55. The molecule has 0 aliphatic heterocycles. The van der Waals surface area contributed by atoms with Gasteiger partial charge in [0.2, 0.25) is 9.84 Å². The van der Waals surface area contributed by atoms with Crippen LogP contribution in [-0.4, -0.2) is 38.8 Å². The first-order valence-electron chi connectivity index (χ1n) is 7.21. The fourth-order valence-corrected chi connectivity index (χ4v) is 4.35. The fourth-order valence-electron chi connectivity index (χ4n) is 2.53. The van der Waals surface area contributed by atoms with Gasteiger partial charge in [0.15, 0.2) is 5.60 Å². The molecule has 0 amide bonds. The highest BCUT2D eigenvalue weighted by atomic mass is 32.2. The topological polar surface area (TPSA) is 85.1 Å². The highest BCUT2D eigenvalue weighted by Gasteiger charge is 2.67. The van der Waals surface area contributed by atoms with E-state index in [1.54, 1.807) is 0 Å². The van der Waals surface area contributed by atoms with E-state index >= 15 is 0 Å². The van der Waals surface area contributed by atoms with Crippen LogP contribution in [0.25, 0.3) is 0 Å². The minimum Gasteiger partial charge on any atom is -0.376 e. The van der Waals surface area contributed by atoms with Gasteiger partial charge >= 0.3 is 5.25 Å². The number of aromatic nitrogens is 3. The molecule has 136 valence electrons. The monoisotopic (exact) mass is 379 g/mol. The van der Waals surface area contributed by atoms with Gasteiger partial charge in [-0.25, -0.2) is 26.9 Å². The Morgan fingerprint density at radius 3 is 2.48 bits per heavy atom. The second kappa shape index (κ2) is 5.77. The van der Waals surface area contributed by atoms with E-state index in [-0.39, 0.29) is 12.8 Å². The molecule has 1 aromatic carbocycles. The van der Waals surface area contributed by atoms with Crippen LogP contribution in [0.3, 0.4) is 0 Å². The summed E-state index contributed by atoms with van der Waals surface area (Å²) in [6.45, 7) is -1.09. The number of alkyl halides is 2. The molecule has 1 aromatic heterocycles. The van der Waals surface area contributed by atoms with Crippen molar-refractivity contribution in [1.82, 2.24) is 14.8 Å². The lowest BCUT2D eigenvalue weighted by Crippen LogP contribution is -2.54. The largest absolute Gasteiger partial charge is 0.379 e. The number of nitrogens with zero attached hydrogens (tertiary/aromatic N) is 3. The molecule has 1 fully saturated rings. The maximum atomic E-state index is 14.9. The summed E-state index contributed by atoms with van der Waals surface area (Å²) in [7, 11) is -5.11. The first-order valence-corrected chi connectivity index (χ1v) is 8.76. The Morgan fingerprint density at radius 1 is 1.28 bits per heavy atom. The zero-order valence-electron chi connectivity index (χ0n) is 12.6. The molecule has 6 nitrogen and oxygen atoms in total. The van der Waals surface area contributed by atoms with Gasteiger partial charge in [0, 0.05) is 11.6 Å². The SMILES string of the molecule is O=S(=O)(C1CC1)C(F)(F)[C@@](O)(Cn1cncn1)c1ccc(F)cc1F. The van der Waals surface area contributed by atoms with Crippen molar-refractivity contribution in [1.29, 1.82) is 0 Å². The summed E-state index contributed by atoms with van der Waals surface area (Å²) in [6.07, 6.45) is 2.01. The molecule has 0 bridgehead atoms. The molecular formula is C14H13F4N3O3S. The molecule has 3 rings (SSSR count). The van der Waals surface area contributed by atoms with E-state index in [1.165, 1.54) is 0 Å². The van der Waals surface area contributed by atoms with Crippen LogP contribution in [0.2, 0.25) is 0 Å². The highest BCUT2D eigenvalue weighted by Crippen LogP contribution is 2.49. The van der Waals surface area contributed by atoms with Crippen LogP contribution >= 0.6 is 0 Å². The van der Waals surface area contributed by atoms with Crippen molar-refractivity contribution >= 4 is 9.84 Å². The first-order chi connectivity index (χ1) is 11.6. The van der Waals surface area contributed by atoms with Crippen LogP contribution in [0.15, 0.2) is 30.9 Å². The van der Waals surface area contributed by atoms with Crippen molar-refractivity contribution in [2.24, 2.45) is 0 Å². The Morgan fingerprint density at radius 2 is 1.96 bits per heavy atom. The fraction of sp³-hybridized carbons (Fsp3) is 0.429. The van der Waals surface area contributed by atoms with Gasteiger partial charge in [0.05, 0.1) is 11.8 Å². The summed E-state index contributed by atoms with van der Waals surface area (Å²) in [5.41, 5.74) is -4.54. The average Bonchev–Trinajstić information content (AvgIpc) is 3.26. The van der Waals surface area contributed by atoms with Crippen molar-refractivity contribution in [3.8, 4) is 0 Å². The minimum atomic E-state index is -5.11. The van der Waals surface area contributed by atoms with Gasteiger partial charge in [-0.15, -0.1) is 0 Å². The minimum absolute atomic E-state index is 0.0310. The molecule has 1 atom stereocenters. The van der Waals surface area contributed by atoms with E-state index in [0.717, 1.165) is 17.3 Å². The standard InChI is InChI=1S/C14H13F4N3O3S/c15-9-1-4-11(12(16)5-9)13(22,6-21-8-19-7-20-21)14(17,18)25(23,24)10-2-3-10/h1,4-5,7-8,10,22H,2-3,6H2/t13-/m1/s1. The van der Waals surface area contributed by atoms with Gasteiger partial charge < -0.3 is 5.11 Å². The van der Waals surface area contributed by atoms with Crippen molar-refractivity contribution in [2.75, 3.05) is 0 Å². The molecule has 1 saturated carbocycles. The third-order valence-corrected chi connectivity index (χ3v) is 6.44. The van der Waals surface area contributed by atoms with Crippen LogP contribution in [0.5, 0.6) is 0 Å². The highest BCUT2D eigenvalue weighted by molar-refractivity contribution is 7.93. The zero-order chi connectivity index (χ0) is 18.5. The molecule has 1 heterocycles. The Kier molecular flexibility index (Phi) is 4.11. The third-order valence-electron chi connectivity index (χ3n) is 4.04. The molecular weight excluding hydrogens is 366 g/mol. The molecule has 1 aliphatic rings. The average molecular weight is 379 g/mol. The number of halogens is 4. The van der Waals surface area contributed by atoms with Gasteiger partial charge in [-0.05, 0) is 25.0 Å². The molecule has 25 heavy (non-hydrogen) atoms. The Bertz CT molecular complexity index is 885. The van der Waals surface area contributed by atoms with Crippen LogP contribution in [0.1, 0.15) is 18.4 Å². The molecule has 1 N–H and O–H groups in total. The number of sulfone groups is 1. The summed E-state index contributed by atoms with van der Waals surface area (Å²) < 4.78 is 82.3. The molecule has 0 unspecified atom stereocenters. The number of hydrogen-bond donors (Lipinski definition) is 1. The maximum Gasteiger partial charge on any atom is 0.379 e. The number of hydrogen-bond acceptors (Lipinski definition) is 5. The number of benzene rings is 1. The summed E-state index contributed by atoms with van der Waals surface area (Å²) >= 11 is 0. The van der Waals surface area contributed by atoms with Crippen LogP contribution in [-0.2, 0) is 22.0 Å². The van der Waals surface area contributed by atoms with Gasteiger partial charge in [-0.3, -0.25) is 0 Å². The van der Waals surface area contributed by atoms with Crippen molar-refractivity contribution in [3.05, 3.63) is 48.1 Å². The van der Waals surface area contributed by atoms with E-state index in [2.05, 4.69) is 10.1 Å². The predicted molar refractivity (Wildman–Crippen MR) is 77.2 cm³/mol. The van der Waals surface area contributed by atoms with Crippen molar-refractivity contribution in [2.45, 2.75) is 35.5 Å². The molecule has 0 saturated heterocycles. The first kappa shape index (κ1) is 17.8. The summed E-state index contributed by atoms with van der Waals surface area (Å²) in [5, 5.41) is 8.19. The molecule has 0 spiro atoms. The van der Waals surface area contributed by atoms with Crippen LogP contribution in [0, 0.1) is 11.6 Å². The van der Waals surface area contributed by atoms with Gasteiger partial charge in [-0.2, -0.15) is 13.9 Å². The van der Waals surface area contributed by atoms with Crippen molar-refractivity contribution in [3.63, 3.8) is 0 Å². The van der Waals surface area contributed by atoms with E-state index in [4.69, 9.17) is 0 Å². The van der Waals surface area contributed by atoms with Crippen molar-refractivity contribution < 1.29 is 31.1 Å². The Hall–Kier alpha value is -2.01. The second-order valence-electron chi connectivity index (χ2n) is 5.84. The van der Waals surface area contributed by atoms with Gasteiger partial charge in [-0.1, -0.05) is 0 Å². The van der Waals surface area contributed by atoms with Crippen LogP contribution in [0.4, 0.5) is 17.6 Å². The van der Waals surface area contributed by atoms with E-state index in [0.29, 0.717) is 18.2 Å². The van der Waals surface area contributed by atoms with Crippen LogP contribution < -0.4 is 0 Å². The summed E-state index contributed by atoms with van der Waals surface area (Å²) in [4.78, 5) is 3.52. The molecule has 2 aromatic rings. The van der Waals surface area contributed by atoms with E-state index < -0.39 is 49.7 Å². The van der Waals surface area contributed by atoms with Gasteiger partial charge in [0.25, 0.3) is 0 Å². The quantitative estimate of drug-likeness (QED) is 0.771. The lowest BCUT2D eigenvalue weighted by Gasteiger charge is -2.35. The summed E-state index contributed by atoms with van der Waals surface area (Å²) in [6, 6.07) is 1.55. The molecule has 1 aliphatic carbocycles. The Labute approximate surface area is 140 Å². The zero-order valence-corrected chi connectivity index (χ0v) is 13.4. The smallest absolute Gasteiger partial charge is 0.376 e.